The van der Waals surface area contributed by atoms with Crippen LogP contribution in [0.1, 0.15) is 22.2 Å². The summed E-state index contributed by atoms with van der Waals surface area (Å²) >= 11 is 0.909. The van der Waals surface area contributed by atoms with Crippen molar-refractivity contribution >= 4 is 21.6 Å². The van der Waals surface area contributed by atoms with Gasteiger partial charge < -0.3 is 5.11 Å². The highest BCUT2D eigenvalue weighted by Gasteiger charge is 2.44. The van der Waals surface area contributed by atoms with Gasteiger partial charge in [0.25, 0.3) is 0 Å². The SMILES string of the molecule is Cc1ccc(C(O)C(F)(F)c2nc3ccccc3s2)cc1. The van der Waals surface area contributed by atoms with Crippen LogP contribution in [0.3, 0.4) is 0 Å². The van der Waals surface area contributed by atoms with E-state index in [-0.39, 0.29) is 10.6 Å². The number of rotatable bonds is 3. The molecule has 5 heteroatoms. The summed E-state index contributed by atoms with van der Waals surface area (Å²) in [6.45, 7) is 1.86. The van der Waals surface area contributed by atoms with Crippen molar-refractivity contribution in [3.63, 3.8) is 0 Å². The molecule has 0 saturated heterocycles. The Bertz CT molecular complexity index is 734. The van der Waals surface area contributed by atoms with E-state index in [1.807, 2.05) is 6.92 Å². The van der Waals surface area contributed by atoms with Gasteiger partial charge in [-0.1, -0.05) is 42.0 Å². The van der Waals surface area contributed by atoms with Crippen LogP contribution < -0.4 is 0 Å². The molecular formula is C16H13F2NOS. The number of thiazole rings is 1. The van der Waals surface area contributed by atoms with Crippen LogP contribution in [0.5, 0.6) is 0 Å². The summed E-state index contributed by atoms with van der Waals surface area (Å²) in [5.74, 6) is -3.42. The number of nitrogens with zero attached hydrogens (tertiary/aromatic N) is 1. The molecular weight excluding hydrogens is 292 g/mol. The number of hydrogen-bond acceptors (Lipinski definition) is 3. The van der Waals surface area contributed by atoms with Crippen LogP contribution in [0.15, 0.2) is 48.5 Å². The predicted molar refractivity (Wildman–Crippen MR) is 79.7 cm³/mol. The normalized spacial score (nSPS) is 13.5. The first kappa shape index (κ1) is 14.1. The molecule has 0 saturated carbocycles. The predicted octanol–water partition coefficient (Wildman–Crippen LogP) is 4.43. The number of halogens is 2. The third-order valence-corrected chi connectivity index (χ3v) is 4.44. The van der Waals surface area contributed by atoms with Gasteiger partial charge in [-0.3, -0.25) is 0 Å². The van der Waals surface area contributed by atoms with Crippen LogP contribution in [0.2, 0.25) is 0 Å². The summed E-state index contributed by atoms with van der Waals surface area (Å²) in [5.41, 5.74) is 1.66. The molecule has 1 N–H and O–H groups in total. The van der Waals surface area contributed by atoms with Gasteiger partial charge >= 0.3 is 5.92 Å². The van der Waals surface area contributed by atoms with Crippen molar-refractivity contribution in [1.82, 2.24) is 4.98 Å². The lowest BCUT2D eigenvalue weighted by molar-refractivity contribution is -0.117. The summed E-state index contributed by atoms with van der Waals surface area (Å²) < 4.78 is 29.6. The molecule has 0 aliphatic carbocycles. The zero-order chi connectivity index (χ0) is 15.0. The number of aliphatic hydroxyl groups is 1. The Morgan fingerprint density at radius 1 is 1.10 bits per heavy atom. The number of aromatic nitrogens is 1. The molecule has 1 atom stereocenters. The van der Waals surface area contributed by atoms with Crippen molar-refractivity contribution in [2.75, 3.05) is 0 Å². The second kappa shape index (κ2) is 5.16. The lowest BCUT2D eigenvalue weighted by atomic mass is 10.0. The average molecular weight is 305 g/mol. The Morgan fingerprint density at radius 3 is 2.43 bits per heavy atom. The fraction of sp³-hybridized carbons (Fsp3) is 0.188. The highest BCUT2D eigenvalue weighted by atomic mass is 32.1. The monoisotopic (exact) mass is 305 g/mol. The molecule has 0 aliphatic heterocycles. The molecule has 2 aromatic carbocycles. The lowest BCUT2D eigenvalue weighted by Gasteiger charge is -2.20. The highest BCUT2D eigenvalue weighted by molar-refractivity contribution is 7.18. The van der Waals surface area contributed by atoms with Crippen molar-refractivity contribution in [2.45, 2.75) is 19.0 Å². The molecule has 21 heavy (non-hydrogen) atoms. The Kier molecular flexibility index (Phi) is 3.47. The van der Waals surface area contributed by atoms with Crippen molar-refractivity contribution in [1.29, 1.82) is 0 Å². The minimum atomic E-state index is -3.42. The second-order valence-electron chi connectivity index (χ2n) is 4.92. The van der Waals surface area contributed by atoms with Crippen LogP contribution in [0.25, 0.3) is 10.2 Å². The minimum Gasteiger partial charge on any atom is -0.382 e. The van der Waals surface area contributed by atoms with E-state index < -0.39 is 12.0 Å². The van der Waals surface area contributed by atoms with E-state index in [9.17, 15) is 13.9 Å². The van der Waals surface area contributed by atoms with E-state index in [4.69, 9.17) is 0 Å². The van der Waals surface area contributed by atoms with Gasteiger partial charge in [0.1, 0.15) is 6.10 Å². The average Bonchev–Trinajstić information content (AvgIpc) is 2.92. The quantitative estimate of drug-likeness (QED) is 0.776. The van der Waals surface area contributed by atoms with Gasteiger partial charge in [-0.25, -0.2) is 4.98 Å². The molecule has 0 amide bonds. The first-order chi connectivity index (χ1) is 9.98. The molecule has 1 aromatic heterocycles. The molecule has 1 unspecified atom stereocenters. The number of aliphatic hydroxyl groups excluding tert-OH is 1. The van der Waals surface area contributed by atoms with Crippen molar-refractivity contribution in [2.24, 2.45) is 0 Å². The maximum absolute atomic E-state index is 14.5. The van der Waals surface area contributed by atoms with Crippen molar-refractivity contribution in [3.8, 4) is 0 Å². The van der Waals surface area contributed by atoms with Gasteiger partial charge in [0, 0.05) is 0 Å². The molecule has 108 valence electrons. The molecule has 0 aliphatic rings. The van der Waals surface area contributed by atoms with Gasteiger partial charge in [-0.15, -0.1) is 11.3 Å². The van der Waals surface area contributed by atoms with Crippen molar-refractivity contribution in [3.05, 3.63) is 64.7 Å². The second-order valence-corrected chi connectivity index (χ2v) is 5.95. The van der Waals surface area contributed by atoms with Crippen LogP contribution in [-0.4, -0.2) is 10.1 Å². The van der Waals surface area contributed by atoms with Crippen LogP contribution in [-0.2, 0) is 5.92 Å². The molecule has 3 rings (SSSR count). The smallest absolute Gasteiger partial charge is 0.328 e. The summed E-state index contributed by atoms with van der Waals surface area (Å²) in [4.78, 5) is 3.96. The molecule has 2 nitrogen and oxygen atoms in total. The Hall–Kier alpha value is -1.85. The van der Waals surface area contributed by atoms with Gasteiger partial charge in [0.05, 0.1) is 10.2 Å². The van der Waals surface area contributed by atoms with E-state index >= 15 is 0 Å². The van der Waals surface area contributed by atoms with Gasteiger partial charge in [-0.05, 0) is 24.6 Å². The molecule has 0 radical (unpaired) electrons. The fourth-order valence-corrected chi connectivity index (χ4v) is 3.05. The van der Waals surface area contributed by atoms with E-state index in [0.717, 1.165) is 16.9 Å². The van der Waals surface area contributed by atoms with Crippen molar-refractivity contribution < 1.29 is 13.9 Å². The van der Waals surface area contributed by atoms with Crippen LogP contribution >= 0.6 is 11.3 Å². The molecule has 3 aromatic rings. The Labute approximate surface area is 124 Å². The largest absolute Gasteiger partial charge is 0.382 e. The van der Waals surface area contributed by atoms with E-state index in [2.05, 4.69) is 4.98 Å². The van der Waals surface area contributed by atoms with Gasteiger partial charge in [-0.2, -0.15) is 8.78 Å². The number of alkyl halides is 2. The van der Waals surface area contributed by atoms with E-state index in [1.54, 1.807) is 36.4 Å². The molecule has 1 heterocycles. The van der Waals surface area contributed by atoms with Crippen LogP contribution in [0, 0.1) is 6.92 Å². The maximum atomic E-state index is 14.5. The zero-order valence-electron chi connectivity index (χ0n) is 11.3. The third kappa shape index (κ3) is 2.54. The summed E-state index contributed by atoms with van der Waals surface area (Å²) in [7, 11) is 0. The molecule has 0 bridgehead atoms. The maximum Gasteiger partial charge on any atom is 0.328 e. The summed E-state index contributed by atoms with van der Waals surface area (Å²) in [6, 6.07) is 13.4. The van der Waals surface area contributed by atoms with E-state index in [0.29, 0.717) is 10.2 Å². The fourth-order valence-electron chi connectivity index (χ4n) is 2.09. The van der Waals surface area contributed by atoms with Gasteiger partial charge in [0.2, 0.25) is 0 Å². The zero-order valence-corrected chi connectivity index (χ0v) is 12.1. The first-order valence-corrected chi connectivity index (χ1v) is 7.28. The highest BCUT2D eigenvalue weighted by Crippen LogP contribution is 2.43. The summed E-state index contributed by atoms with van der Waals surface area (Å²) in [6.07, 6.45) is -1.90. The topological polar surface area (TPSA) is 33.1 Å². The van der Waals surface area contributed by atoms with E-state index in [1.165, 1.54) is 12.1 Å². The standard InChI is InChI=1S/C16H13F2NOS/c1-10-6-8-11(9-7-10)14(20)16(17,18)15-19-12-4-2-3-5-13(12)21-15/h2-9,14,20H,1H3. The number of para-hydroxylation sites is 1. The Balaban J connectivity index is 2.00. The Morgan fingerprint density at radius 2 is 1.76 bits per heavy atom. The molecule has 0 fully saturated rings. The number of fused-ring (bicyclic) bond motifs is 1. The first-order valence-electron chi connectivity index (χ1n) is 6.47. The number of hydrogen-bond donors (Lipinski definition) is 1. The van der Waals surface area contributed by atoms with Gasteiger partial charge in [0.15, 0.2) is 5.01 Å². The van der Waals surface area contributed by atoms with Crippen LogP contribution in [0.4, 0.5) is 8.78 Å². The lowest BCUT2D eigenvalue weighted by Crippen LogP contribution is -2.23. The third-order valence-electron chi connectivity index (χ3n) is 3.32. The number of aryl methyl sites for hydroxylation is 1. The number of benzene rings is 2. The minimum absolute atomic E-state index is 0.185. The summed E-state index contributed by atoms with van der Waals surface area (Å²) in [5, 5.41) is 9.67. The molecule has 0 spiro atoms.